The molecule has 1 aliphatic heterocycles. The number of carbonyl (C=O) groups is 1. The molecule has 1 amide bonds. The van der Waals surface area contributed by atoms with Crippen LogP contribution in [0.5, 0.6) is 0 Å². The Morgan fingerprint density at radius 1 is 1.23 bits per heavy atom. The summed E-state index contributed by atoms with van der Waals surface area (Å²) < 4.78 is 7.91. The van der Waals surface area contributed by atoms with Gasteiger partial charge in [0.2, 0.25) is 5.91 Å². The smallest absolute Gasteiger partial charge is 0.298 e. The average Bonchev–Trinajstić information content (AvgIpc) is 3.27. The Balaban J connectivity index is 1.36. The van der Waals surface area contributed by atoms with Gasteiger partial charge in [-0.3, -0.25) is 4.79 Å². The third kappa shape index (κ3) is 3.19. The van der Waals surface area contributed by atoms with Crippen molar-refractivity contribution in [2.45, 2.75) is 19.4 Å². The Kier molecular flexibility index (Phi) is 4.41. The fourth-order valence-electron chi connectivity index (χ4n) is 3.61. The summed E-state index contributed by atoms with van der Waals surface area (Å²) in [6.07, 6.45) is 3.66. The highest BCUT2D eigenvalue weighted by Crippen LogP contribution is 2.27. The lowest BCUT2D eigenvalue weighted by Crippen LogP contribution is -2.41. The molecule has 26 heavy (non-hydrogen) atoms. The summed E-state index contributed by atoms with van der Waals surface area (Å²) in [5.74, 6) is 0.296. The summed E-state index contributed by atoms with van der Waals surface area (Å²) in [4.78, 5) is 21.3. The van der Waals surface area contributed by atoms with E-state index in [0.29, 0.717) is 12.6 Å². The summed E-state index contributed by atoms with van der Waals surface area (Å²) in [6.45, 7) is 2.23. The van der Waals surface area contributed by atoms with Gasteiger partial charge < -0.3 is 18.8 Å². The summed E-state index contributed by atoms with van der Waals surface area (Å²) in [7, 11) is 3.90. The molecule has 1 fully saturated rings. The van der Waals surface area contributed by atoms with Crippen LogP contribution in [-0.4, -0.2) is 40.5 Å². The zero-order valence-corrected chi connectivity index (χ0v) is 15.3. The minimum atomic E-state index is 0.0703. The van der Waals surface area contributed by atoms with Gasteiger partial charge in [0.25, 0.3) is 6.01 Å². The molecule has 1 aromatic carbocycles. The highest BCUT2D eigenvalue weighted by atomic mass is 16.4. The van der Waals surface area contributed by atoms with Crippen LogP contribution in [0.2, 0.25) is 0 Å². The standard InChI is InChI=1S/C20H24N4O2/c1-22-11-5-6-16(22)14-23(2)19(25)15-9-12-24(13-10-15)20-21-17-7-3-4-8-18(17)26-20/h3-8,11,15H,9-10,12-14H2,1-2H3. The maximum absolute atomic E-state index is 12.8. The van der Waals surface area contributed by atoms with Crippen LogP contribution in [0.4, 0.5) is 6.01 Å². The number of fused-ring (bicyclic) bond motifs is 1. The summed E-state index contributed by atoms with van der Waals surface area (Å²) in [6, 6.07) is 12.5. The van der Waals surface area contributed by atoms with E-state index in [9.17, 15) is 4.79 Å². The fourth-order valence-corrected chi connectivity index (χ4v) is 3.61. The second kappa shape index (κ2) is 6.86. The number of carbonyl (C=O) groups excluding carboxylic acids is 1. The van der Waals surface area contributed by atoms with E-state index in [2.05, 4.69) is 20.5 Å². The molecule has 6 nitrogen and oxygen atoms in total. The molecule has 136 valence electrons. The van der Waals surface area contributed by atoms with E-state index in [0.717, 1.165) is 42.7 Å². The zero-order chi connectivity index (χ0) is 18.1. The van der Waals surface area contributed by atoms with Crippen LogP contribution in [0.3, 0.4) is 0 Å². The second-order valence-corrected chi connectivity index (χ2v) is 7.03. The van der Waals surface area contributed by atoms with Gasteiger partial charge in [0.05, 0.1) is 6.54 Å². The first kappa shape index (κ1) is 16.7. The number of amides is 1. The van der Waals surface area contributed by atoms with Gasteiger partial charge in [0, 0.05) is 45.0 Å². The van der Waals surface area contributed by atoms with Crippen LogP contribution >= 0.6 is 0 Å². The third-order valence-electron chi connectivity index (χ3n) is 5.22. The van der Waals surface area contributed by atoms with E-state index in [1.54, 1.807) is 0 Å². The quantitative estimate of drug-likeness (QED) is 0.724. The van der Waals surface area contributed by atoms with Crippen LogP contribution in [0.15, 0.2) is 47.0 Å². The number of hydrogen-bond donors (Lipinski definition) is 0. The van der Waals surface area contributed by atoms with Crippen molar-refractivity contribution in [1.29, 1.82) is 0 Å². The molecule has 0 saturated carbocycles. The maximum atomic E-state index is 12.8. The van der Waals surface area contributed by atoms with Crippen molar-refractivity contribution in [2.24, 2.45) is 13.0 Å². The Morgan fingerprint density at radius 2 is 2.00 bits per heavy atom. The van der Waals surface area contributed by atoms with E-state index in [1.165, 1.54) is 0 Å². The maximum Gasteiger partial charge on any atom is 0.298 e. The summed E-state index contributed by atoms with van der Waals surface area (Å²) in [5.41, 5.74) is 2.83. The van der Waals surface area contributed by atoms with Gasteiger partial charge in [-0.2, -0.15) is 4.98 Å². The van der Waals surface area contributed by atoms with E-state index < -0.39 is 0 Å². The number of anilines is 1. The van der Waals surface area contributed by atoms with Gasteiger partial charge in [0.15, 0.2) is 5.58 Å². The molecule has 4 rings (SSSR count). The van der Waals surface area contributed by atoms with Crippen LogP contribution in [0.25, 0.3) is 11.1 Å². The number of aromatic nitrogens is 2. The van der Waals surface area contributed by atoms with Crippen molar-refractivity contribution in [3.05, 3.63) is 48.3 Å². The SMILES string of the molecule is CN(Cc1cccn1C)C(=O)C1CCN(c2nc3ccccc3o2)CC1. The van der Waals surface area contributed by atoms with Crippen molar-refractivity contribution in [1.82, 2.24) is 14.5 Å². The first-order valence-corrected chi connectivity index (χ1v) is 9.07. The molecule has 0 atom stereocenters. The number of rotatable bonds is 4. The molecular formula is C20H24N4O2. The number of hydrogen-bond acceptors (Lipinski definition) is 4. The monoisotopic (exact) mass is 352 g/mol. The number of para-hydroxylation sites is 2. The second-order valence-electron chi connectivity index (χ2n) is 7.03. The van der Waals surface area contributed by atoms with Crippen molar-refractivity contribution in [3.8, 4) is 0 Å². The predicted molar refractivity (Wildman–Crippen MR) is 101 cm³/mol. The van der Waals surface area contributed by atoms with Crippen LogP contribution in [-0.2, 0) is 18.4 Å². The lowest BCUT2D eigenvalue weighted by atomic mass is 9.95. The zero-order valence-electron chi connectivity index (χ0n) is 15.3. The molecule has 3 aromatic rings. The molecular weight excluding hydrogens is 328 g/mol. The van der Waals surface area contributed by atoms with Gasteiger partial charge >= 0.3 is 0 Å². The Hall–Kier alpha value is -2.76. The molecule has 0 spiro atoms. The number of oxazole rings is 1. The van der Waals surface area contributed by atoms with Crippen LogP contribution in [0, 0.1) is 5.92 Å². The molecule has 2 aromatic heterocycles. The normalized spacial score (nSPS) is 15.5. The van der Waals surface area contributed by atoms with E-state index in [-0.39, 0.29) is 11.8 Å². The number of nitrogens with zero attached hydrogens (tertiary/aromatic N) is 4. The van der Waals surface area contributed by atoms with E-state index in [4.69, 9.17) is 4.42 Å². The molecule has 1 saturated heterocycles. The van der Waals surface area contributed by atoms with Crippen LogP contribution < -0.4 is 4.90 Å². The van der Waals surface area contributed by atoms with Gasteiger partial charge in [-0.25, -0.2) is 0 Å². The first-order valence-electron chi connectivity index (χ1n) is 9.07. The van der Waals surface area contributed by atoms with Crippen LogP contribution in [0.1, 0.15) is 18.5 Å². The molecule has 0 bridgehead atoms. The van der Waals surface area contributed by atoms with Crippen molar-refractivity contribution in [2.75, 3.05) is 25.0 Å². The predicted octanol–water partition coefficient (Wildman–Crippen LogP) is 3.04. The highest BCUT2D eigenvalue weighted by molar-refractivity contribution is 5.79. The van der Waals surface area contributed by atoms with Crippen molar-refractivity contribution < 1.29 is 9.21 Å². The Morgan fingerprint density at radius 3 is 2.69 bits per heavy atom. The minimum Gasteiger partial charge on any atom is -0.423 e. The average molecular weight is 352 g/mol. The highest BCUT2D eigenvalue weighted by Gasteiger charge is 2.29. The van der Waals surface area contributed by atoms with Gasteiger partial charge in [-0.1, -0.05) is 12.1 Å². The van der Waals surface area contributed by atoms with Crippen molar-refractivity contribution in [3.63, 3.8) is 0 Å². The van der Waals surface area contributed by atoms with E-state index in [1.807, 2.05) is 55.5 Å². The Bertz CT molecular complexity index is 872. The van der Waals surface area contributed by atoms with Gasteiger partial charge in [0.1, 0.15) is 5.52 Å². The van der Waals surface area contributed by atoms with E-state index >= 15 is 0 Å². The fraction of sp³-hybridized carbons (Fsp3) is 0.400. The lowest BCUT2D eigenvalue weighted by Gasteiger charge is -2.32. The Labute approximate surface area is 153 Å². The minimum absolute atomic E-state index is 0.0703. The third-order valence-corrected chi connectivity index (χ3v) is 5.22. The topological polar surface area (TPSA) is 54.5 Å². The molecule has 0 N–H and O–H groups in total. The molecule has 0 radical (unpaired) electrons. The van der Waals surface area contributed by atoms with Gasteiger partial charge in [-0.05, 0) is 37.1 Å². The van der Waals surface area contributed by atoms with Crippen molar-refractivity contribution >= 4 is 23.0 Å². The largest absolute Gasteiger partial charge is 0.423 e. The molecule has 0 aliphatic carbocycles. The number of piperidine rings is 1. The summed E-state index contributed by atoms with van der Waals surface area (Å²) in [5, 5.41) is 0. The first-order chi connectivity index (χ1) is 12.6. The van der Waals surface area contributed by atoms with Gasteiger partial charge in [-0.15, -0.1) is 0 Å². The number of aryl methyl sites for hydroxylation is 1. The molecule has 1 aliphatic rings. The molecule has 6 heteroatoms. The molecule has 3 heterocycles. The summed E-state index contributed by atoms with van der Waals surface area (Å²) >= 11 is 0. The molecule has 0 unspecified atom stereocenters. The number of benzene rings is 1. The lowest BCUT2D eigenvalue weighted by molar-refractivity contribution is -0.135.